The van der Waals surface area contributed by atoms with Crippen LogP contribution in [-0.4, -0.2) is 41.2 Å². The van der Waals surface area contributed by atoms with Crippen LogP contribution in [0.2, 0.25) is 0 Å². The minimum Gasteiger partial charge on any atom is -0.480 e. The van der Waals surface area contributed by atoms with Crippen LogP contribution in [0, 0.1) is 17.7 Å². The Morgan fingerprint density at radius 2 is 2.19 bits per heavy atom. The van der Waals surface area contributed by atoms with E-state index >= 15 is 0 Å². The Balaban J connectivity index is 1.18. The van der Waals surface area contributed by atoms with Crippen LogP contribution in [0.1, 0.15) is 31.2 Å². The summed E-state index contributed by atoms with van der Waals surface area (Å²) in [4.78, 5) is 34.3. The summed E-state index contributed by atoms with van der Waals surface area (Å²) < 4.78 is 19.7. The molecule has 36 heavy (non-hydrogen) atoms. The molecule has 0 saturated heterocycles. The molecule has 0 bridgehead atoms. The summed E-state index contributed by atoms with van der Waals surface area (Å²) in [6, 6.07) is 8.71. The molecule has 1 saturated carbocycles. The molecular formula is C26H28FN5O3S. The average Bonchev–Trinajstić information content (AvgIpc) is 2.89. The zero-order valence-electron chi connectivity index (χ0n) is 20.0. The highest BCUT2D eigenvalue weighted by atomic mass is 32.2. The highest BCUT2D eigenvalue weighted by molar-refractivity contribution is 8.00. The summed E-state index contributed by atoms with van der Waals surface area (Å²) in [5.74, 6) is 0.544. The van der Waals surface area contributed by atoms with E-state index in [9.17, 15) is 14.0 Å². The summed E-state index contributed by atoms with van der Waals surface area (Å²) in [6.07, 6.45) is 5.13. The van der Waals surface area contributed by atoms with Crippen LogP contribution in [0.25, 0.3) is 11.0 Å². The highest BCUT2D eigenvalue weighted by Gasteiger charge is 2.28. The maximum absolute atomic E-state index is 14.5. The molecule has 0 spiro atoms. The van der Waals surface area contributed by atoms with Crippen LogP contribution >= 0.6 is 11.8 Å². The van der Waals surface area contributed by atoms with Crippen molar-refractivity contribution in [1.82, 2.24) is 15.3 Å². The van der Waals surface area contributed by atoms with Crippen molar-refractivity contribution in [2.24, 2.45) is 11.8 Å². The molecular weight excluding hydrogens is 481 g/mol. The van der Waals surface area contributed by atoms with Gasteiger partial charge in [0.05, 0.1) is 36.0 Å². The first-order valence-corrected chi connectivity index (χ1v) is 13.0. The van der Waals surface area contributed by atoms with E-state index in [-0.39, 0.29) is 23.5 Å². The summed E-state index contributed by atoms with van der Waals surface area (Å²) >= 11 is 1.35. The molecule has 1 aliphatic carbocycles. The Bertz CT molecular complexity index is 1300. The van der Waals surface area contributed by atoms with E-state index in [0.717, 1.165) is 30.6 Å². The number of benzene rings is 2. The first-order valence-electron chi connectivity index (χ1n) is 12.1. The molecule has 2 amide bonds. The second kappa shape index (κ2) is 10.8. The lowest BCUT2D eigenvalue weighted by molar-refractivity contribution is -0.121. The van der Waals surface area contributed by atoms with Crippen LogP contribution in [0.15, 0.2) is 41.4 Å². The van der Waals surface area contributed by atoms with Crippen LogP contribution in [0.5, 0.6) is 5.88 Å². The number of hydrogen-bond acceptors (Lipinski definition) is 7. The topological polar surface area (TPSA) is 105 Å². The van der Waals surface area contributed by atoms with Gasteiger partial charge in [-0.05, 0) is 56.0 Å². The molecule has 188 valence electrons. The molecule has 2 atom stereocenters. The molecule has 3 aromatic rings. The summed E-state index contributed by atoms with van der Waals surface area (Å²) in [5.41, 5.74) is 3.10. The van der Waals surface area contributed by atoms with Gasteiger partial charge >= 0.3 is 0 Å². The fraction of sp³-hybridized carbons (Fsp3) is 0.385. The Morgan fingerprint density at radius 1 is 1.31 bits per heavy atom. The number of anilines is 2. The number of hydrogen-bond donors (Lipinski definition) is 3. The van der Waals surface area contributed by atoms with Crippen molar-refractivity contribution >= 4 is 46.0 Å². The fourth-order valence-electron chi connectivity index (χ4n) is 4.86. The number of rotatable bonds is 7. The van der Waals surface area contributed by atoms with E-state index < -0.39 is 0 Å². The molecule has 1 aliphatic heterocycles. The predicted octanol–water partition coefficient (Wildman–Crippen LogP) is 4.36. The monoisotopic (exact) mass is 509 g/mol. The molecule has 10 heteroatoms. The Morgan fingerprint density at radius 3 is 3.06 bits per heavy atom. The van der Waals surface area contributed by atoms with E-state index in [4.69, 9.17) is 4.74 Å². The lowest BCUT2D eigenvalue weighted by Crippen LogP contribution is -2.32. The Kier molecular flexibility index (Phi) is 7.33. The van der Waals surface area contributed by atoms with Crippen molar-refractivity contribution in [3.8, 4) is 5.88 Å². The van der Waals surface area contributed by atoms with E-state index in [1.165, 1.54) is 24.9 Å². The van der Waals surface area contributed by atoms with Crippen LogP contribution in [-0.2, 0) is 16.1 Å². The number of ether oxygens (including phenoxy) is 1. The second-order valence-corrected chi connectivity index (χ2v) is 10.2. The maximum Gasteiger partial charge on any atom is 0.234 e. The van der Waals surface area contributed by atoms with Crippen molar-refractivity contribution < 1.29 is 18.7 Å². The van der Waals surface area contributed by atoms with Gasteiger partial charge < -0.3 is 20.7 Å². The molecule has 5 rings (SSSR count). The second-order valence-electron chi connectivity index (χ2n) is 9.21. The van der Waals surface area contributed by atoms with E-state index in [2.05, 4.69) is 25.9 Å². The van der Waals surface area contributed by atoms with Crippen LogP contribution in [0.4, 0.5) is 15.8 Å². The van der Waals surface area contributed by atoms with Gasteiger partial charge in [0.25, 0.3) is 0 Å². The molecule has 0 radical (unpaired) electrons. The molecule has 2 aromatic carbocycles. The zero-order valence-corrected chi connectivity index (χ0v) is 20.8. The van der Waals surface area contributed by atoms with Crippen LogP contribution < -0.4 is 20.7 Å². The number of methoxy groups -OCH3 is 1. The van der Waals surface area contributed by atoms with Crippen LogP contribution in [0.3, 0.4) is 0 Å². The smallest absolute Gasteiger partial charge is 0.234 e. The minimum absolute atomic E-state index is 0.0224. The zero-order chi connectivity index (χ0) is 25.1. The van der Waals surface area contributed by atoms with E-state index in [1.807, 2.05) is 18.2 Å². The number of thioether (sulfide) groups is 1. The lowest BCUT2D eigenvalue weighted by atomic mass is 9.81. The number of fused-ring (bicyclic) bond motifs is 2. The van der Waals surface area contributed by atoms with Gasteiger partial charge in [-0.15, -0.1) is 11.8 Å². The van der Waals surface area contributed by atoms with Gasteiger partial charge in [0.2, 0.25) is 17.7 Å². The van der Waals surface area contributed by atoms with Gasteiger partial charge in [-0.3, -0.25) is 9.59 Å². The number of para-hydroxylation sites is 1. The first kappa shape index (κ1) is 24.5. The number of amides is 2. The standard InChI is InChI=1S/C26H28FN5O3S/c1-35-24-13-29-19-6-3-7-20(25(19)32-24)31-26(34)16-5-2-4-15(8-16)11-28-12-17-9-21-22(10-18(17)27)36-14-23(33)30-21/h3,6-7,9-10,13,15-16,28H,2,4-5,8,11-12,14H2,1H3,(H,30,33)(H,31,34). The number of nitrogens with zero attached hydrogens (tertiary/aromatic N) is 2. The van der Waals surface area contributed by atoms with E-state index in [0.29, 0.717) is 58.6 Å². The summed E-state index contributed by atoms with van der Waals surface area (Å²) in [6.45, 7) is 1.06. The van der Waals surface area contributed by atoms with Gasteiger partial charge in [0, 0.05) is 22.9 Å². The van der Waals surface area contributed by atoms with Gasteiger partial charge in [-0.2, -0.15) is 0 Å². The molecule has 2 heterocycles. The van der Waals surface area contributed by atoms with Gasteiger partial charge in [-0.25, -0.2) is 14.4 Å². The molecule has 1 aromatic heterocycles. The van der Waals surface area contributed by atoms with Gasteiger partial charge in [0.15, 0.2) is 0 Å². The van der Waals surface area contributed by atoms with Crippen molar-refractivity contribution in [3.05, 3.63) is 47.9 Å². The summed E-state index contributed by atoms with van der Waals surface area (Å²) in [5, 5.41) is 9.21. The number of carbonyl (C=O) groups excluding carboxylic acids is 2. The minimum atomic E-state index is -0.277. The third-order valence-corrected chi connectivity index (χ3v) is 7.76. The van der Waals surface area contributed by atoms with Crippen molar-refractivity contribution in [1.29, 1.82) is 0 Å². The number of aromatic nitrogens is 2. The lowest BCUT2D eigenvalue weighted by Gasteiger charge is -2.28. The van der Waals surface area contributed by atoms with Crippen molar-refractivity contribution in [2.45, 2.75) is 37.1 Å². The predicted molar refractivity (Wildman–Crippen MR) is 138 cm³/mol. The Hall–Kier alpha value is -3.24. The van der Waals surface area contributed by atoms with Crippen molar-refractivity contribution in [3.63, 3.8) is 0 Å². The third-order valence-electron chi connectivity index (χ3n) is 6.70. The van der Waals surface area contributed by atoms with Gasteiger partial charge in [0.1, 0.15) is 11.3 Å². The SMILES string of the molecule is COc1cnc2cccc(NC(=O)C3CCCC(CNCc4cc5c(cc4F)SCC(=O)N5)C3)c2n1. The normalized spacial score (nSPS) is 19.4. The highest BCUT2D eigenvalue weighted by Crippen LogP contribution is 2.34. The molecule has 3 N–H and O–H groups in total. The molecule has 8 nitrogen and oxygen atoms in total. The van der Waals surface area contributed by atoms with Crippen molar-refractivity contribution in [2.75, 3.05) is 30.0 Å². The molecule has 1 fully saturated rings. The number of nitrogens with one attached hydrogen (secondary N) is 3. The number of halogens is 1. The largest absolute Gasteiger partial charge is 0.480 e. The average molecular weight is 510 g/mol. The third kappa shape index (κ3) is 5.44. The van der Waals surface area contributed by atoms with Gasteiger partial charge in [-0.1, -0.05) is 12.5 Å². The quantitative estimate of drug-likeness (QED) is 0.435. The fourth-order valence-corrected chi connectivity index (χ4v) is 5.67. The maximum atomic E-state index is 14.5. The molecule has 2 unspecified atom stereocenters. The number of carbonyl (C=O) groups is 2. The molecule has 2 aliphatic rings. The summed E-state index contributed by atoms with van der Waals surface area (Å²) in [7, 11) is 1.53. The Labute approximate surface area is 212 Å². The van der Waals surface area contributed by atoms with E-state index in [1.54, 1.807) is 12.3 Å². The first-order chi connectivity index (χ1) is 17.5.